The van der Waals surface area contributed by atoms with Crippen LogP contribution in [0.4, 0.5) is 0 Å². The molecule has 2 fully saturated rings. The molecule has 33 heavy (non-hydrogen) atoms. The minimum absolute atomic E-state index is 0.0111. The summed E-state index contributed by atoms with van der Waals surface area (Å²) in [5.74, 6) is 0.456. The maximum Gasteiger partial charge on any atom is 0.246 e. The minimum Gasteiger partial charge on any atom is -0.504 e. The highest BCUT2D eigenvalue weighted by molar-refractivity contribution is 5.91. The van der Waals surface area contributed by atoms with Crippen molar-refractivity contribution < 1.29 is 15.0 Å². The van der Waals surface area contributed by atoms with Crippen molar-refractivity contribution in [3.63, 3.8) is 0 Å². The highest BCUT2D eigenvalue weighted by Gasteiger charge is 2.56. The quantitative estimate of drug-likeness (QED) is 0.547. The van der Waals surface area contributed by atoms with Crippen molar-refractivity contribution in [1.82, 2.24) is 9.80 Å². The summed E-state index contributed by atoms with van der Waals surface area (Å²) in [5, 5.41) is 21.3. The van der Waals surface area contributed by atoms with Crippen molar-refractivity contribution in [3.8, 4) is 11.5 Å². The van der Waals surface area contributed by atoms with Gasteiger partial charge in [-0.25, -0.2) is 0 Å². The number of aromatic hydroxyl groups is 2. The van der Waals surface area contributed by atoms with E-state index in [1.165, 1.54) is 5.56 Å². The summed E-state index contributed by atoms with van der Waals surface area (Å²) in [6, 6.07) is 12.3. The molecule has 174 valence electrons. The number of phenolic OH excluding ortho intramolecular Hbond substituents is 2. The normalized spacial score (nSPS) is 28.9. The number of nitrogens with zero attached hydrogens (tertiary/aromatic N) is 2. The average molecular weight is 447 g/mol. The Morgan fingerprint density at radius 2 is 2.03 bits per heavy atom. The fourth-order valence-corrected chi connectivity index (χ4v) is 6.87. The fourth-order valence-electron chi connectivity index (χ4n) is 6.87. The zero-order chi connectivity index (χ0) is 23.3. The number of likely N-dealkylation sites (tertiary alicyclic amines) is 1. The first kappa shape index (κ1) is 22.0. The van der Waals surface area contributed by atoms with Gasteiger partial charge in [0.05, 0.1) is 0 Å². The van der Waals surface area contributed by atoms with Crippen molar-refractivity contribution in [1.29, 1.82) is 0 Å². The Balaban J connectivity index is 1.44. The lowest BCUT2D eigenvalue weighted by Gasteiger charge is -2.60. The van der Waals surface area contributed by atoms with Crippen LogP contribution in [0, 0.1) is 12.8 Å². The number of rotatable bonds is 3. The molecule has 1 amide bonds. The molecule has 5 heteroatoms. The number of carbonyl (C=O) groups is 1. The maximum absolute atomic E-state index is 13.1. The van der Waals surface area contributed by atoms with Gasteiger partial charge in [-0.2, -0.15) is 0 Å². The molecule has 2 N–H and O–H groups in total. The molecule has 1 saturated carbocycles. The SMILES string of the molecule is Cc1cccc(C=CC(=O)N(C)[C@@H]2CC[C@H]3[C@H]4Cc5ccc(O)c(O)c5[C@@]3(CCN4C)C2)c1. The number of hydrogen-bond donors (Lipinski definition) is 2. The zero-order valence-electron chi connectivity index (χ0n) is 19.8. The van der Waals surface area contributed by atoms with E-state index in [1.807, 2.05) is 49.2 Å². The molecule has 2 aromatic rings. The van der Waals surface area contributed by atoms with Gasteiger partial charge in [-0.1, -0.05) is 35.9 Å². The molecule has 4 atom stereocenters. The van der Waals surface area contributed by atoms with Gasteiger partial charge < -0.3 is 20.0 Å². The Morgan fingerprint density at radius 1 is 1.21 bits per heavy atom. The van der Waals surface area contributed by atoms with E-state index in [0.717, 1.165) is 55.3 Å². The highest BCUT2D eigenvalue weighted by Crippen LogP contribution is 2.59. The van der Waals surface area contributed by atoms with Gasteiger partial charge in [0.2, 0.25) is 5.91 Å². The maximum atomic E-state index is 13.1. The molecule has 0 unspecified atom stereocenters. The van der Waals surface area contributed by atoms with E-state index in [0.29, 0.717) is 12.0 Å². The molecule has 1 saturated heterocycles. The number of likely N-dealkylation sites (N-methyl/N-ethyl adjacent to an activating group) is 2. The van der Waals surface area contributed by atoms with E-state index in [-0.39, 0.29) is 28.9 Å². The van der Waals surface area contributed by atoms with Gasteiger partial charge in [0.15, 0.2) is 11.5 Å². The number of carbonyl (C=O) groups excluding carboxylic acids is 1. The number of phenols is 2. The molecule has 2 bridgehead atoms. The van der Waals surface area contributed by atoms with Crippen LogP contribution in [0.3, 0.4) is 0 Å². The first-order valence-corrected chi connectivity index (χ1v) is 12.1. The van der Waals surface area contributed by atoms with Crippen LogP contribution in [0.1, 0.15) is 47.9 Å². The van der Waals surface area contributed by atoms with Crippen molar-refractivity contribution in [2.45, 2.75) is 56.5 Å². The lowest BCUT2D eigenvalue weighted by Crippen LogP contribution is -2.62. The molecule has 0 radical (unpaired) electrons. The molecule has 1 heterocycles. The second-order valence-electron chi connectivity index (χ2n) is 10.4. The fraction of sp³-hybridized carbons (Fsp3) is 0.464. The van der Waals surface area contributed by atoms with Crippen molar-refractivity contribution >= 4 is 12.0 Å². The van der Waals surface area contributed by atoms with Crippen LogP contribution < -0.4 is 0 Å². The molecule has 2 aliphatic carbocycles. The summed E-state index contributed by atoms with van der Waals surface area (Å²) in [6.45, 7) is 3.01. The number of aryl methyl sites for hydroxylation is 1. The number of piperidine rings is 1. The van der Waals surface area contributed by atoms with E-state index in [2.05, 4.69) is 18.0 Å². The van der Waals surface area contributed by atoms with Crippen LogP contribution in [0.25, 0.3) is 6.08 Å². The Bertz CT molecular complexity index is 1110. The molecular formula is C28H34N2O3. The van der Waals surface area contributed by atoms with Gasteiger partial charge in [-0.15, -0.1) is 0 Å². The van der Waals surface area contributed by atoms with Crippen LogP contribution in [0.5, 0.6) is 11.5 Å². The van der Waals surface area contributed by atoms with E-state index in [9.17, 15) is 15.0 Å². The van der Waals surface area contributed by atoms with Gasteiger partial charge in [-0.05, 0) is 81.8 Å². The lowest BCUT2D eigenvalue weighted by molar-refractivity contribution is -0.129. The Kier molecular flexibility index (Phi) is 5.48. The average Bonchev–Trinajstić information content (AvgIpc) is 2.81. The summed E-state index contributed by atoms with van der Waals surface area (Å²) in [7, 11) is 4.11. The van der Waals surface area contributed by atoms with Crippen LogP contribution >= 0.6 is 0 Å². The third-order valence-electron chi connectivity index (χ3n) is 8.59. The van der Waals surface area contributed by atoms with Gasteiger partial charge in [0.25, 0.3) is 0 Å². The lowest BCUT2D eigenvalue weighted by atomic mass is 9.51. The van der Waals surface area contributed by atoms with E-state index < -0.39 is 0 Å². The first-order valence-electron chi connectivity index (χ1n) is 12.1. The van der Waals surface area contributed by atoms with Gasteiger partial charge in [0.1, 0.15) is 0 Å². The highest BCUT2D eigenvalue weighted by atomic mass is 16.3. The largest absolute Gasteiger partial charge is 0.504 e. The van der Waals surface area contributed by atoms with Gasteiger partial charge in [0, 0.05) is 36.2 Å². The molecule has 0 spiro atoms. The van der Waals surface area contributed by atoms with Crippen LogP contribution in [0.2, 0.25) is 0 Å². The Hall–Kier alpha value is -2.79. The van der Waals surface area contributed by atoms with Gasteiger partial charge in [-0.3, -0.25) is 4.79 Å². The second kappa shape index (κ2) is 8.21. The number of fused-ring (bicyclic) bond motifs is 1. The van der Waals surface area contributed by atoms with Crippen molar-refractivity contribution in [3.05, 3.63) is 64.7 Å². The van der Waals surface area contributed by atoms with Crippen molar-refractivity contribution in [2.75, 3.05) is 20.6 Å². The van der Waals surface area contributed by atoms with E-state index in [1.54, 1.807) is 12.1 Å². The molecule has 0 aromatic heterocycles. The van der Waals surface area contributed by atoms with E-state index in [4.69, 9.17) is 0 Å². The molecule has 5 nitrogen and oxygen atoms in total. The Labute approximate surface area is 196 Å². The summed E-state index contributed by atoms with van der Waals surface area (Å²) >= 11 is 0. The minimum atomic E-state index is -0.203. The van der Waals surface area contributed by atoms with Crippen LogP contribution in [-0.4, -0.2) is 58.6 Å². The predicted molar refractivity (Wildman–Crippen MR) is 130 cm³/mol. The number of amides is 1. The second-order valence-corrected chi connectivity index (χ2v) is 10.4. The summed E-state index contributed by atoms with van der Waals surface area (Å²) in [4.78, 5) is 17.4. The zero-order valence-corrected chi connectivity index (χ0v) is 19.8. The third kappa shape index (κ3) is 3.63. The molecule has 5 rings (SSSR count). The summed E-state index contributed by atoms with van der Waals surface area (Å²) < 4.78 is 0. The smallest absolute Gasteiger partial charge is 0.246 e. The molecule has 1 aliphatic heterocycles. The third-order valence-corrected chi connectivity index (χ3v) is 8.59. The standard InChI is InChI=1S/C28H34N2O3/c1-18-5-4-6-19(15-18)7-12-25(32)30(3)21-9-10-22-23-16-20-8-11-24(31)27(33)26(20)28(22,17-21)13-14-29(23)2/h4-8,11-12,15,21-23,31,33H,9-10,13-14,16-17H2,1-3H3/t21-,22+,23-,28+/m1/s1. The number of hydrogen-bond acceptors (Lipinski definition) is 4. The first-order chi connectivity index (χ1) is 15.8. The predicted octanol–water partition coefficient (Wildman–Crippen LogP) is 4.24. The topological polar surface area (TPSA) is 64.0 Å². The summed E-state index contributed by atoms with van der Waals surface area (Å²) in [5.41, 5.74) is 4.08. The van der Waals surface area contributed by atoms with Crippen LogP contribution in [-0.2, 0) is 16.6 Å². The summed E-state index contributed by atoms with van der Waals surface area (Å²) in [6.07, 6.45) is 8.22. The number of benzene rings is 2. The monoisotopic (exact) mass is 446 g/mol. The molecule has 2 aromatic carbocycles. The van der Waals surface area contributed by atoms with Gasteiger partial charge >= 0.3 is 0 Å². The van der Waals surface area contributed by atoms with Crippen molar-refractivity contribution in [2.24, 2.45) is 5.92 Å². The molecule has 3 aliphatic rings. The van der Waals surface area contributed by atoms with Crippen LogP contribution in [0.15, 0.2) is 42.5 Å². The molecular weight excluding hydrogens is 412 g/mol. The van der Waals surface area contributed by atoms with E-state index >= 15 is 0 Å². The Morgan fingerprint density at radius 3 is 2.82 bits per heavy atom.